The second-order valence-corrected chi connectivity index (χ2v) is 6.90. The summed E-state index contributed by atoms with van der Waals surface area (Å²) in [5.41, 5.74) is 5.77. The summed E-state index contributed by atoms with van der Waals surface area (Å²) >= 11 is 1.61. The number of carbonyl (C=O) groups excluding carboxylic acids is 2. The molecule has 3 N–H and O–H groups in total. The number of nitrogens with one attached hydrogen (secondary N) is 1. The van der Waals surface area contributed by atoms with Gasteiger partial charge in [0.2, 0.25) is 11.8 Å². The summed E-state index contributed by atoms with van der Waals surface area (Å²) in [7, 11) is 0. The smallest absolute Gasteiger partial charge is 0.242 e. The van der Waals surface area contributed by atoms with E-state index in [4.69, 9.17) is 5.73 Å². The Kier molecular flexibility index (Phi) is 6.35. The largest absolute Gasteiger partial charge is 0.346 e. The van der Waals surface area contributed by atoms with Gasteiger partial charge in [-0.15, -0.1) is 11.3 Å². The van der Waals surface area contributed by atoms with E-state index in [0.29, 0.717) is 13.1 Å². The predicted molar refractivity (Wildman–Crippen MR) is 91.3 cm³/mol. The van der Waals surface area contributed by atoms with Gasteiger partial charge in [-0.1, -0.05) is 13.8 Å². The average Bonchev–Trinajstić information content (AvgIpc) is 2.96. The molecule has 1 aliphatic heterocycles. The second-order valence-electron chi connectivity index (χ2n) is 6.02. The molecule has 0 radical (unpaired) electrons. The molecular formula is C15H25N5O2S. The van der Waals surface area contributed by atoms with Gasteiger partial charge in [0.25, 0.3) is 0 Å². The van der Waals surface area contributed by atoms with E-state index in [1.54, 1.807) is 22.4 Å². The summed E-state index contributed by atoms with van der Waals surface area (Å²) in [6.45, 7) is 6.77. The monoisotopic (exact) mass is 339 g/mol. The fourth-order valence-corrected chi connectivity index (χ4v) is 3.12. The quantitative estimate of drug-likeness (QED) is 0.804. The van der Waals surface area contributed by atoms with Crippen LogP contribution in [-0.4, -0.2) is 60.5 Å². The number of rotatable bonds is 5. The summed E-state index contributed by atoms with van der Waals surface area (Å²) in [4.78, 5) is 32.4. The molecule has 0 spiro atoms. The zero-order chi connectivity index (χ0) is 16.8. The van der Waals surface area contributed by atoms with Crippen LogP contribution in [-0.2, 0) is 9.59 Å². The van der Waals surface area contributed by atoms with Gasteiger partial charge in [-0.25, -0.2) is 4.98 Å². The van der Waals surface area contributed by atoms with Crippen molar-refractivity contribution in [1.29, 1.82) is 0 Å². The molecule has 1 aliphatic rings. The number of nitrogens with two attached hydrogens (primary N) is 1. The van der Waals surface area contributed by atoms with Gasteiger partial charge in [-0.2, -0.15) is 0 Å². The lowest BCUT2D eigenvalue weighted by molar-refractivity contribution is -0.133. The summed E-state index contributed by atoms with van der Waals surface area (Å²) in [6, 6.07) is -0.577. The number of amides is 2. The Hall–Kier alpha value is -1.67. The molecule has 8 heteroatoms. The summed E-state index contributed by atoms with van der Waals surface area (Å²) < 4.78 is 0. The van der Waals surface area contributed by atoms with Gasteiger partial charge in [0.05, 0.1) is 12.6 Å². The third-order valence-corrected chi connectivity index (χ3v) is 4.81. The number of hydrogen-bond acceptors (Lipinski definition) is 6. The first-order valence-electron chi connectivity index (χ1n) is 7.94. The van der Waals surface area contributed by atoms with Crippen LogP contribution in [0.1, 0.15) is 20.3 Å². The maximum absolute atomic E-state index is 12.3. The van der Waals surface area contributed by atoms with Crippen molar-refractivity contribution in [3.63, 3.8) is 0 Å². The van der Waals surface area contributed by atoms with Crippen molar-refractivity contribution in [2.24, 2.45) is 11.7 Å². The Morgan fingerprint density at radius 3 is 2.78 bits per heavy atom. The van der Waals surface area contributed by atoms with E-state index in [0.717, 1.165) is 24.6 Å². The average molecular weight is 339 g/mol. The van der Waals surface area contributed by atoms with Crippen molar-refractivity contribution in [2.75, 3.05) is 37.6 Å². The zero-order valence-electron chi connectivity index (χ0n) is 13.7. The van der Waals surface area contributed by atoms with Crippen molar-refractivity contribution in [3.05, 3.63) is 11.6 Å². The van der Waals surface area contributed by atoms with E-state index >= 15 is 0 Å². The van der Waals surface area contributed by atoms with Crippen LogP contribution in [0.25, 0.3) is 0 Å². The number of anilines is 1. The van der Waals surface area contributed by atoms with Crippen molar-refractivity contribution >= 4 is 28.3 Å². The molecule has 2 heterocycles. The third-order valence-electron chi connectivity index (χ3n) is 3.97. The van der Waals surface area contributed by atoms with Gasteiger partial charge >= 0.3 is 0 Å². The van der Waals surface area contributed by atoms with Crippen LogP contribution in [0.4, 0.5) is 5.13 Å². The van der Waals surface area contributed by atoms with E-state index in [-0.39, 0.29) is 24.3 Å². The molecule has 1 aromatic heterocycles. The van der Waals surface area contributed by atoms with Crippen LogP contribution < -0.4 is 16.0 Å². The highest BCUT2D eigenvalue weighted by atomic mass is 32.1. The van der Waals surface area contributed by atoms with E-state index in [2.05, 4.69) is 15.2 Å². The number of nitrogens with zero attached hydrogens (tertiary/aromatic N) is 3. The minimum atomic E-state index is -0.577. The first-order valence-corrected chi connectivity index (χ1v) is 8.82. The van der Waals surface area contributed by atoms with E-state index in [1.165, 1.54) is 0 Å². The van der Waals surface area contributed by atoms with Crippen molar-refractivity contribution in [3.8, 4) is 0 Å². The van der Waals surface area contributed by atoms with Crippen LogP contribution in [0.5, 0.6) is 0 Å². The SMILES string of the molecule is CC(C)[C@H](N)C(=O)NCC(=O)N1CCCN(c2nccs2)CC1. The molecule has 7 nitrogen and oxygen atoms in total. The highest BCUT2D eigenvalue weighted by Crippen LogP contribution is 2.18. The lowest BCUT2D eigenvalue weighted by Gasteiger charge is -2.22. The maximum atomic E-state index is 12.3. The lowest BCUT2D eigenvalue weighted by Crippen LogP contribution is -2.48. The molecule has 0 aromatic carbocycles. The molecular weight excluding hydrogens is 314 g/mol. The molecule has 2 rings (SSSR count). The summed E-state index contributed by atoms with van der Waals surface area (Å²) in [5.74, 6) is -0.280. The summed E-state index contributed by atoms with van der Waals surface area (Å²) in [6.07, 6.45) is 2.69. The highest BCUT2D eigenvalue weighted by Gasteiger charge is 2.22. The van der Waals surface area contributed by atoms with Gasteiger partial charge in [0.1, 0.15) is 0 Å². The number of thiazole rings is 1. The third kappa shape index (κ3) is 4.90. The van der Waals surface area contributed by atoms with Gasteiger partial charge in [-0.3, -0.25) is 9.59 Å². The van der Waals surface area contributed by atoms with E-state index < -0.39 is 6.04 Å². The van der Waals surface area contributed by atoms with Crippen LogP contribution in [0.3, 0.4) is 0 Å². The summed E-state index contributed by atoms with van der Waals surface area (Å²) in [5, 5.41) is 5.59. The normalized spacial score (nSPS) is 17.0. The molecule has 128 valence electrons. The van der Waals surface area contributed by atoms with Crippen LogP contribution in [0.2, 0.25) is 0 Å². The number of carbonyl (C=O) groups is 2. The second kappa shape index (κ2) is 8.26. The Balaban J connectivity index is 1.80. The Morgan fingerprint density at radius 2 is 2.13 bits per heavy atom. The van der Waals surface area contributed by atoms with Gasteiger partial charge in [-0.05, 0) is 12.3 Å². The van der Waals surface area contributed by atoms with Gasteiger partial charge in [0, 0.05) is 37.8 Å². The standard InChI is InChI=1S/C15H25N5O2S/c1-11(2)13(16)14(22)18-10-12(21)19-5-3-6-20(8-7-19)15-17-4-9-23-15/h4,9,11,13H,3,5-8,10,16H2,1-2H3,(H,18,22)/t13-/m0/s1. The fraction of sp³-hybridized carbons (Fsp3) is 0.667. The van der Waals surface area contributed by atoms with Gasteiger partial charge < -0.3 is 20.9 Å². The highest BCUT2D eigenvalue weighted by molar-refractivity contribution is 7.13. The van der Waals surface area contributed by atoms with Crippen LogP contribution >= 0.6 is 11.3 Å². The van der Waals surface area contributed by atoms with Crippen molar-refractivity contribution < 1.29 is 9.59 Å². The topological polar surface area (TPSA) is 91.6 Å². The predicted octanol–water partition coefficient (Wildman–Crippen LogP) is 0.281. The fourth-order valence-electron chi connectivity index (χ4n) is 2.43. The molecule has 23 heavy (non-hydrogen) atoms. The Labute approximate surface area is 140 Å². The zero-order valence-corrected chi connectivity index (χ0v) is 14.5. The first kappa shape index (κ1) is 17.7. The van der Waals surface area contributed by atoms with Crippen molar-refractivity contribution in [2.45, 2.75) is 26.3 Å². The number of hydrogen-bond donors (Lipinski definition) is 2. The molecule has 1 aromatic rings. The molecule has 2 amide bonds. The molecule has 1 saturated heterocycles. The molecule has 0 aliphatic carbocycles. The van der Waals surface area contributed by atoms with Crippen LogP contribution in [0.15, 0.2) is 11.6 Å². The van der Waals surface area contributed by atoms with Gasteiger partial charge in [0.15, 0.2) is 5.13 Å². The Morgan fingerprint density at radius 1 is 1.35 bits per heavy atom. The first-order chi connectivity index (χ1) is 11.0. The molecule has 1 fully saturated rings. The van der Waals surface area contributed by atoms with Crippen molar-refractivity contribution in [1.82, 2.24) is 15.2 Å². The lowest BCUT2D eigenvalue weighted by atomic mass is 10.1. The van der Waals surface area contributed by atoms with E-state index in [9.17, 15) is 9.59 Å². The number of aromatic nitrogens is 1. The van der Waals surface area contributed by atoms with E-state index in [1.807, 2.05) is 19.2 Å². The Bertz CT molecular complexity index is 520. The maximum Gasteiger partial charge on any atom is 0.242 e. The molecule has 0 unspecified atom stereocenters. The molecule has 0 bridgehead atoms. The van der Waals surface area contributed by atoms with Crippen LogP contribution in [0, 0.1) is 5.92 Å². The minimum absolute atomic E-state index is 0.0104. The minimum Gasteiger partial charge on any atom is -0.346 e. The molecule has 1 atom stereocenters. The molecule has 0 saturated carbocycles.